The number of rotatable bonds is 4. The number of carbonyl (C=O) groups excluding carboxylic acids is 1. The number of para-hydroxylation sites is 1. The lowest BCUT2D eigenvalue weighted by molar-refractivity contribution is 0.259. The normalized spacial score (nSPS) is 10.1. The number of benzene rings is 2. The average Bonchev–Trinajstić information content (AvgIpc) is 2.41. The molecule has 0 bridgehead atoms. The number of urea groups is 1. The number of nitrogens with two attached hydrogens (primary N) is 1. The van der Waals surface area contributed by atoms with Crippen LogP contribution in [0.25, 0.3) is 0 Å². The molecule has 0 aromatic heterocycles. The highest BCUT2D eigenvalue weighted by Crippen LogP contribution is 2.22. The summed E-state index contributed by atoms with van der Waals surface area (Å²) in [5.74, 6) is -1.00. The highest BCUT2D eigenvalue weighted by atomic mass is 19.1. The zero-order valence-corrected chi connectivity index (χ0v) is 10.6. The second-order valence-electron chi connectivity index (χ2n) is 4.17. The third-order valence-electron chi connectivity index (χ3n) is 2.71. The van der Waals surface area contributed by atoms with Gasteiger partial charge in [-0.1, -0.05) is 12.1 Å². The van der Waals surface area contributed by atoms with Gasteiger partial charge in [-0.25, -0.2) is 9.18 Å². The summed E-state index contributed by atoms with van der Waals surface area (Å²) >= 11 is 0. The number of phenolic OH excluding ortho intramolecular Hbond substituents is 1. The van der Waals surface area contributed by atoms with Crippen LogP contribution in [0.5, 0.6) is 5.75 Å². The van der Waals surface area contributed by atoms with Crippen molar-refractivity contribution in [1.29, 1.82) is 0 Å². The fourth-order valence-electron chi connectivity index (χ4n) is 1.71. The summed E-state index contributed by atoms with van der Waals surface area (Å²) in [4.78, 5) is 10.7. The molecule has 0 heterocycles. The minimum atomic E-state index is -0.648. The van der Waals surface area contributed by atoms with E-state index in [2.05, 4.69) is 10.6 Å². The molecule has 6 heteroatoms. The number of aromatic hydroxyl groups is 1. The molecule has 0 radical (unpaired) electrons. The Morgan fingerprint density at radius 3 is 2.45 bits per heavy atom. The highest BCUT2D eigenvalue weighted by Gasteiger charge is 2.05. The minimum absolute atomic E-state index is 0.284. The Kier molecular flexibility index (Phi) is 4.05. The number of primary amides is 1. The van der Waals surface area contributed by atoms with Crippen molar-refractivity contribution in [3.63, 3.8) is 0 Å². The van der Waals surface area contributed by atoms with Crippen LogP contribution in [0.3, 0.4) is 0 Å². The standard InChI is InChI=1S/C14H14FN3O2/c15-12-3-1-2-9(13(12)19)8-17-10-4-6-11(7-5-10)18-14(16)20/h1-7,17,19H,8H2,(H3,16,18,20). The van der Waals surface area contributed by atoms with E-state index in [0.717, 1.165) is 5.69 Å². The van der Waals surface area contributed by atoms with Crippen molar-refractivity contribution in [3.05, 3.63) is 53.8 Å². The maximum atomic E-state index is 13.1. The van der Waals surface area contributed by atoms with Gasteiger partial charge in [0.05, 0.1) is 0 Å². The number of anilines is 2. The van der Waals surface area contributed by atoms with Crippen LogP contribution in [0, 0.1) is 5.82 Å². The molecule has 2 amide bonds. The van der Waals surface area contributed by atoms with Crippen molar-refractivity contribution >= 4 is 17.4 Å². The molecule has 0 unspecified atom stereocenters. The summed E-state index contributed by atoms with van der Waals surface area (Å²) in [6, 6.07) is 10.6. The van der Waals surface area contributed by atoms with Crippen molar-refractivity contribution in [2.75, 3.05) is 10.6 Å². The third-order valence-corrected chi connectivity index (χ3v) is 2.71. The topological polar surface area (TPSA) is 87.4 Å². The monoisotopic (exact) mass is 275 g/mol. The number of amides is 2. The van der Waals surface area contributed by atoms with Crippen LogP contribution in [0.4, 0.5) is 20.6 Å². The Morgan fingerprint density at radius 1 is 1.15 bits per heavy atom. The molecule has 0 aliphatic carbocycles. The van der Waals surface area contributed by atoms with E-state index in [0.29, 0.717) is 11.3 Å². The van der Waals surface area contributed by atoms with E-state index in [1.165, 1.54) is 12.1 Å². The zero-order chi connectivity index (χ0) is 14.5. The molecule has 0 aliphatic heterocycles. The smallest absolute Gasteiger partial charge is 0.316 e. The van der Waals surface area contributed by atoms with E-state index in [9.17, 15) is 14.3 Å². The molecule has 5 nitrogen and oxygen atoms in total. The van der Waals surface area contributed by atoms with Crippen LogP contribution in [-0.2, 0) is 6.54 Å². The number of hydrogen-bond acceptors (Lipinski definition) is 3. The van der Waals surface area contributed by atoms with Gasteiger partial charge in [0.15, 0.2) is 11.6 Å². The Labute approximate surface area is 115 Å². The molecule has 104 valence electrons. The van der Waals surface area contributed by atoms with Crippen molar-refractivity contribution in [2.45, 2.75) is 6.54 Å². The van der Waals surface area contributed by atoms with Crippen LogP contribution < -0.4 is 16.4 Å². The fraction of sp³-hybridized carbons (Fsp3) is 0.0714. The zero-order valence-electron chi connectivity index (χ0n) is 10.6. The number of hydrogen-bond donors (Lipinski definition) is 4. The molecule has 0 fully saturated rings. The summed E-state index contributed by atoms with van der Waals surface area (Å²) in [6.07, 6.45) is 0. The predicted octanol–water partition coefficient (Wildman–Crippen LogP) is 2.63. The van der Waals surface area contributed by atoms with E-state index in [-0.39, 0.29) is 12.3 Å². The van der Waals surface area contributed by atoms with Gasteiger partial charge in [0.25, 0.3) is 0 Å². The second kappa shape index (κ2) is 5.92. The van der Waals surface area contributed by atoms with E-state index in [1.807, 2.05) is 0 Å². The summed E-state index contributed by atoms with van der Waals surface area (Å²) in [5, 5.41) is 15.0. The lowest BCUT2D eigenvalue weighted by Crippen LogP contribution is -2.19. The molecular formula is C14H14FN3O2. The van der Waals surface area contributed by atoms with Gasteiger partial charge < -0.3 is 21.5 Å². The lowest BCUT2D eigenvalue weighted by Gasteiger charge is -2.09. The average molecular weight is 275 g/mol. The maximum Gasteiger partial charge on any atom is 0.316 e. The van der Waals surface area contributed by atoms with Gasteiger partial charge in [-0.15, -0.1) is 0 Å². The first-order valence-electron chi connectivity index (χ1n) is 5.93. The largest absolute Gasteiger partial charge is 0.505 e. The van der Waals surface area contributed by atoms with Gasteiger partial charge >= 0.3 is 6.03 Å². The summed E-state index contributed by atoms with van der Waals surface area (Å²) in [5.41, 5.74) is 6.81. The molecule has 0 atom stereocenters. The maximum absolute atomic E-state index is 13.1. The highest BCUT2D eigenvalue weighted by molar-refractivity contribution is 5.87. The van der Waals surface area contributed by atoms with Crippen molar-refractivity contribution in [1.82, 2.24) is 0 Å². The molecule has 2 aromatic carbocycles. The SMILES string of the molecule is NC(=O)Nc1ccc(NCc2cccc(F)c2O)cc1. The van der Waals surface area contributed by atoms with Crippen LogP contribution in [0.2, 0.25) is 0 Å². The number of carbonyl (C=O) groups is 1. The number of nitrogens with one attached hydrogen (secondary N) is 2. The van der Waals surface area contributed by atoms with Gasteiger partial charge in [0.2, 0.25) is 0 Å². The molecule has 20 heavy (non-hydrogen) atoms. The van der Waals surface area contributed by atoms with Crippen LogP contribution >= 0.6 is 0 Å². The molecule has 5 N–H and O–H groups in total. The number of halogens is 1. The molecule has 0 saturated carbocycles. The minimum Gasteiger partial charge on any atom is -0.505 e. The summed E-state index contributed by atoms with van der Waals surface area (Å²) in [6.45, 7) is 0.284. The fourth-order valence-corrected chi connectivity index (χ4v) is 1.71. The first kappa shape index (κ1) is 13.7. The molecule has 0 aliphatic rings. The Bertz CT molecular complexity index is 614. The first-order chi connectivity index (χ1) is 9.56. The Hall–Kier alpha value is -2.76. The van der Waals surface area contributed by atoms with Gasteiger partial charge in [0.1, 0.15) is 0 Å². The summed E-state index contributed by atoms with van der Waals surface area (Å²) < 4.78 is 13.1. The van der Waals surface area contributed by atoms with Crippen LogP contribution in [0.1, 0.15) is 5.56 Å². The number of phenols is 1. The van der Waals surface area contributed by atoms with Crippen molar-refractivity contribution in [2.24, 2.45) is 5.73 Å². The molecule has 2 rings (SSSR count). The Morgan fingerprint density at radius 2 is 1.80 bits per heavy atom. The van der Waals surface area contributed by atoms with Crippen molar-refractivity contribution < 1.29 is 14.3 Å². The second-order valence-corrected chi connectivity index (χ2v) is 4.17. The van der Waals surface area contributed by atoms with Crippen molar-refractivity contribution in [3.8, 4) is 5.75 Å². The molecular weight excluding hydrogens is 261 g/mol. The molecule has 0 saturated heterocycles. The molecule has 2 aromatic rings. The van der Waals surface area contributed by atoms with E-state index in [4.69, 9.17) is 5.73 Å². The third kappa shape index (κ3) is 3.38. The van der Waals surface area contributed by atoms with Crippen LogP contribution in [0.15, 0.2) is 42.5 Å². The molecule has 0 spiro atoms. The van der Waals surface area contributed by atoms with Crippen LogP contribution in [-0.4, -0.2) is 11.1 Å². The first-order valence-corrected chi connectivity index (χ1v) is 5.93. The summed E-state index contributed by atoms with van der Waals surface area (Å²) in [7, 11) is 0. The quantitative estimate of drug-likeness (QED) is 0.691. The van der Waals surface area contributed by atoms with Gasteiger partial charge in [-0.3, -0.25) is 0 Å². The van der Waals surface area contributed by atoms with E-state index < -0.39 is 11.8 Å². The van der Waals surface area contributed by atoms with Gasteiger partial charge in [-0.05, 0) is 30.3 Å². The van der Waals surface area contributed by atoms with E-state index >= 15 is 0 Å². The predicted molar refractivity (Wildman–Crippen MR) is 75.0 cm³/mol. The van der Waals surface area contributed by atoms with Gasteiger partial charge in [0, 0.05) is 23.5 Å². The Balaban J connectivity index is 2.00. The lowest BCUT2D eigenvalue weighted by atomic mass is 10.2. The van der Waals surface area contributed by atoms with Gasteiger partial charge in [-0.2, -0.15) is 0 Å². The van der Waals surface area contributed by atoms with E-state index in [1.54, 1.807) is 30.3 Å².